The summed E-state index contributed by atoms with van der Waals surface area (Å²) >= 11 is 9.16. The summed E-state index contributed by atoms with van der Waals surface area (Å²) < 4.78 is 0.673. The highest BCUT2D eigenvalue weighted by Crippen LogP contribution is 2.21. The van der Waals surface area contributed by atoms with Gasteiger partial charge in [-0.2, -0.15) is 0 Å². The van der Waals surface area contributed by atoms with Gasteiger partial charge in [0.1, 0.15) is 5.75 Å². The van der Waals surface area contributed by atoms with Crippen molar-refractivity contribution in [2.45, 2.75) is 6.42 Å². The van der Waals surface area contributed by atoms with Crippen molar-refractivity contribution < 1.29 is 9.90 Å². The van der Waals surface area contributed by atoms with Crippen LogP contribution in [0.2, 0.25) is 5.02 Å². The van der Waals surface area contributed by atoms with Gasteiger partial charge in [0.2, 0.25) is 0 Å². The van der Waals surface area contributed by atoms with Crippen LogP contribution in [0.1, 0.15) is 15.9 Å². The Kier molecular flexibility index (Phi) is 5.04. The highest BCUT2D eigenvalue weighted by Gasteiger charge is 2.09. The van der Waals surface area contributed by atoms with E-state index in [2.05, 4.69) is 21.2 Å². The van der Waals surface area contributed by atoms with Crippen LogP contribution < -0.4 is 5.32 Å². The molecule has 2 aromatic carbocycles. The number of phenolic OH excluding ortho intramolecular Hbond substituents is 1. The fourth-order valence-electron chi connectivity index (χ4n) is 1.75. The van der Waals surface area contributed by atoms with E-state index in [1.807, 2.05) is 12.1 Å². The Balaban J connectivity index is 1.90. The average Bonchev–Trinajstić information content (AvgIpc) is 2.41. The zero-order chi connectivity index (χ0) is 14.5. The molecule has 20 heavy (non-hydrogen) atoms. The normalized spacial score (nSPS) is 10.3. The van der Waals surface area contributed by atoms with Gasteiger partial charge in [-0.15, -0.1) is 0 Å². The van der Waals surface area contributed by atoms with Crippen molar-refractivity contribution in [3.63, 3.8) is 0 Å². The van der Waals surface area contributed by atoms with Crippen LogP contribution in [0.5, 0.6) is 5.75 Å². The highest BCUT2D eigenvalue weighted by atomic mass is 79.9. The van der Waals surface area contributed by atoms with Gasteiger partial charge in [0.15, 0.2) is 0 Å². The van der Waals surface area contributed by atoms with E-state index in [1.54, 1.807) is 30.3 Å². The zero-order valence-electron chi connectivity index (χ0n) is 10.6. The first-order valence-electron chi connectivity index (χ1n) is 6.07. The van der Waals surface area contributed by atoms with Crippen LogP contribution >= 0.6 is 27.5 Å². The Labute approximate surface area is 130 Å². The van der Waals surface area contributed by atoms with Gasteiger partial charge in [0.25, 0.3) is 5.91 Å². The lowest BCUT2D eigenvalue weighted by molar-refractivity contribution is 0.0953. The molecule has 0 saturated heterocycles. The molecule has 0 aromatic heterocycles. The number of aromatic hydroxyl groups is 1. The minimum absolute atomic E-state index is 0.146. The first-order chi connectivity index (χ1) is 9.56. The molecule has 2 rings (SSSR count). The predicted octanol–water partition coefficient (Wildman–Crippen LogP) is 3.78. The van der Waals surface area contributed by atoms with E-state index in [4.69, 9.17) is 11.6 Å². The largest absolute Gasteiger partial charge is 0.508 e. The second-order valence-electron chi connectivity index (χ2n) is 4.30. The topological polar surface area (TPSA) is 49.3 Å². The Morgan fingerprint density at radius 1 is 1.20 bits per heavy atom. The summed E-state index contributed by atoms with van der Waals surface area (Å²) in [5.74, 6) is 0.0928. The minimum Gasteiger partial charge on any atom is -0.508 e. The molecule has 0 bridgehead atoms. The monoisotopic (exact) mass is 353 g/mol. The average molecular weight is 355 g/mol. The highest BCUT2D eigenvalue weighted by molar-refractivity contribution is 9.10. The molecule has 5 heteroatoms. The molecule has 0 aliphatic carbocycles. The first-order valence-corrected chi connectivity index (χ1v) is 7.24. The third kappa shape index (κ3) is 3.99. The summed E-state index contributed by atoms with van der Waals surface area (Å²) in [6.07, 6.45) is 0.706. The Bertz CT molecular complexity index is 614. The van der Waals surface area contributed by atoms with Crippen LogP contribution in [-0.4, -0.2) is 17.6 Å². The molecule has 0 spiro atoms. The minimum atomic E-state index is -0.146. The number of nitrogens with one attached hydrogen (secondary N) is 1. The lowest BCUT2D eigenvalue weighted by atomic mass is 10.1. The number of hydrogen-bond acceptors (Lipinski definition) is 2. The molecule has 1 amide bonds. The summed E-state index contributed by atoms with van der Waals surface area (Å²) in [4.78, 5) is 12.0. The molecule has 0 unspecified atom stereocenters. The molecule has 0 radical (unpaired) electrons. The van der Waals surface area contributed by atoms with Gasteiger partial charge in [-0.1, -0.05) is 23.7 Å². The van der Waals surface area contributed by atoms with E-state index in [0.29, 0.717) is 28.0 Å². The van der Waals surface area contributed by atoms with Gasteiger partial charge in [-0.05, 0) is 58.2 Å². The van der Waals surface area contributed by atoms with Gasteiger partial charge in [0.05, 0.1) is 5.56 Å². The van der Waals surface area contributed by atoms with Crippen LogP contribution in [-0.2, 0) is 6.42 Å². The molecule has 0 aliphatic heterocycles. The van der Waals surface area contributed by atoms with E-state index in [-0.39, 0.29) is 11.7 Å². The first kappa shape index (κ1) is 14.9. The van der Waals surface area contributed by atoms with Gasteiger partial charge >= 0.3 is 0 Å². The van der Waals surface area contributed by atoms with Crippen LogP contribution in [0, 0.1) is 0 Å². The Morgan fingerprint density at radius 2 is 1.90 bits per heavy atom. The summed E-state index contributed by atoms with van der Waals surface area (Å²) in [7, 11) is 0. The summed E-state index contributed by atoms with van der Waals surface area (Å²) in [6, 6.07) is 12.0. The fourth-order valence-corrected chi connectivity index (χ4v) is 2.61. The van der Waals surface area contributed by atoms with E-state index >= 15 is 0 Å². The maximum Gasteiger partial charge on any atom is 0.252 e. The quantitative estimate of drug-likeness (QED) is 0.878. The molecular formula is C15H13BrClNO2. The number of carbonyl (C=O) groups is 1. The smallest absolute Gasteiger partial charge is 0.252 e. The molecule has 0 aliphatic rings. The zero-order valence-corrected chi connectivity index (χ0v) is 12.9. The molecule has 0 atom stereocenters. The second-order valence-corrected chi connectivity index (χ2v) is 5.59. The number of halogens is 2. The summed E-state index contributed by atoms with van der Waals surface area (Å²) in [6.45, 7) is 0.526. The maximum atomic E-state index is 12.0. The molecular weight excluding hydrogens is 342 g/mol. The molecule has 0 saturated carbocycles. The van der Waals surface area contributed by atoms with Crippen molar-refractivity contribution in [3.8, 4) is 5.75 Å². The second kappa shape index (κ2) is 6.77. The fraction of sp³-hybridized carbons (Fsp3) is 0.133. The SMILES string of the molecule is O=C(NCCc1ccc(O)cc1)c1ccc(Cl)cc1Br. The van der Waals surface area contributed by atoms with Crippen molar-refractivity contribution in [1.29, 1.82) is 0 Å². The molecule has 0 heterocycles. The Morgan fingerprint density at radius 3 is 2.55 bits per heavy atom. The van der Waals surface area contributed by atoms with Gasteiger partial charge in [0, 0.05) is 16.0 Å². The van der Waals surface area contributed by atoms with E-state index in [9.17, 15) is 9.90 Å². The molecule has 2 aromatic rings. The Hall–Kier alpha value is -1.52. The van der Waals surface area contributed by atoms with Crippen LogP contribution in [0.15, 0.2) is 46.9 Å². The van der Waals surface area contributed by atoms with Crippen molar-refractivity contribution in [3.05, 3.63) is 63.1 Å². The standard InChI is InChI=1S/C15H13BrClNO2/c16-14-9-11(17)3-6-13(14)15(20)18-8-7-10-1-4-12(19)5-2-10/h1-6,9,19H,7-8H2,(H,18,20). The van der Waals surface area contributed by atoms with E-state index in [0.717, 1.165) is 5.56 Å². The maximum absolute atomic E-state index is 12.0. The van der Waals surface area contributed by atoms with Crippen molar-refractivity contribution in [2.75, 3.05) is 6.54 Å². The number of hydrogen-bond donors (Lipinski definition) is 2. The number of rotatable bonds is 4. The third-order valence-electron chi connectivity index (χ3n) is 2.81. The van der Waals surface area contributed by atoms with Crippen LogP contribution in [0.3, 0.4) is 0 Å². The number of carbonyl (C=O) groups excluding carboxylic acids is 1. The summed E-state index contributed by atoms with van der Waals surface area (Å²) in [5, 5.41) is 12.6. The van der Waals surface area contributed by atoms with Gasteiger partial charge in [-0.3, -0.25) is 4.79 Å². The molecule has 3 nitrogen and oxygen atoms in total. The van der Waals surface area contributed by atoms with Crippen molar-refractivity contribution >= 4 is 33.4 Å². The van der Waals surface area contributed by atoms with Crippen LogP contribution in [0.25, 0.3) is 0 Å². The van der Waals surface area contributed by atoms with Crippen molar-refractivity contribution in [2.24, 2.45) is 0 Å². The van der Waals surface area contributed by atoms with E-state index in [1.165, 1.54) is 0 Å². The van der Waals surface area contributed by atoms with Gasteiger partial charge < -0.3 is 10.4 Å². The molecule has 104 valence electrons. The number of benzene rings is 2. The van der Waals surface area contributed by atoms with E-state index < -0.39 is 0 Å². The molecule has 0 fully saturated rings. The lowest BCUT2D eigenvalue weighted by Crippen LogP contribution is -2.26. The lowest BCUT2D eigenvalue weighted by Gasteiger charge is -2.07. The van der Waals surface area contributed by atoms with Gasteiger partial charge in [-0.25, -0.2) is 0 Å². The third-order valence-corrected chi connectivity index (χ3v) is 3.70. The number of phenols is 1. The van der Waals surface area contributed by atoms with Crippen LogP contribution in [0.4, 0.5) is 0 Å². The molecule has 2 N–H and O–H groups in total. The number of amides is 1. The predicted molar refractivity (Wildman–Crippen MR) is 83.3 cm³/mol. The summed E-state index contributed by atoms with van der Waals surface area (Å²) in [5.41, 5.74) is 1.61. The van der Waals surface area contributed by atoms with Crippen molar-refractivity contribution in [1.82, 2.24) is 5.32 Å².